The minimum Gasteiger partial charge on any atom is -0.454 e. The van der Waals surface area contributed by atoms with Crippen LogP contribution in [0.5, 0.6) is 0 Å². The normalized spacial score (nSPS) is 10.2. The van der Waals surface area contributed by atoms with Gasteiger partial charge in [-0.2, -0.15) is 0 Å². The van der Waals surface area contributed by atoms with Crippen molar-refractivity contribution in [1.29, 1.82) is 0 Å². The van der Waals surface area contributed by atoms with Crippen molar-refractivity contribution < 1.29 is 23.5 Å². The molecular formula is C17H14N4O5S. The predicted octanol–water partition coefficient (Wildman–Crippen LogP) is 1.71. The number of aromatic nitrogens is 2. The number of carbonyl (C=O) groups is 3. The molecule has 0 aliphatic heterocycles. The molecule has 0 fully saturated rings. The third-order valence-electron chi connectivity index (χ3n) is 3.19. The van der Waals surface area contributed by atoms with Gasteiger partial charge in [0.2, 0.25) is 5.89 Å². The van der Waals surface area contributed by atoms with E-state index in [2.05, 4.69) is 20.8 Å². The van der Waals surface area contributed by atoms with E-state index in [-0.39, 0.29) is 24.4 Å². The Morgan fingerprint density at radius 2 is 1.89 bits per heavy atom. The van der Waals surface area contributed by atoms with Crippen LogP contribution in [0, 0.1) is 0 Å². The maximum absolute atomic E-state index is 11.8. The molecule has 0 bridgehead atoms. The lowest BCUT2D eigenvalue weighted by molar-refractivity contribution is -0.146. The third-order valence-corrected chi connectivity index (χ3v) is 4.06. The summed E-state index contributed by atoms with van der Waals surface area (Å²) < 4.78 is 10.1. The molecule has 0 radical (unpaired) electrons. The molecule has 2 heterocycles. The molecule has 27 heavy (non-hydrogen) atoms. The van der Waals surface area contributed by atoms with Crippen LogP contribution in [0.4, 0.5) is 6.01 Å². The summed E-state index contributed by atoms with van der Waals surface area (Å²) in [6.45, 7) is -0.889. The van der Waals surface area contributed by atoms with Gasteiger partial charge < -0.3 is 14.5 Å². The lowest BCUT2D eigenvalue weighted by Gasteiger charge is -2.05. The number of hydrogen-bond acceptors (Lipinski definition) is 8. The van der Waals surface area contributed by atoms with Crippen molar-refractivity contribution in [2.45, 2.75) is 0 Å². The number of ether oxygens (including phenoxy) is 1. The van der Waals surface area contributed by atoms with Crippen LogP contribution in [-0.4, -0.2) is 41.1 Å². The van der Waals surface area contributed by atoms with Crippen LogP contribution >= 0.6 is 11.3 Å². The molecule has 0 atom stereocenters. The van der Waals surface area contributed by atoms with E-state index < -0.39 is 18.5 Å². The predicted molar refractivity (Wildman–Crippen MR) is 96.0 cm³/mol. The fraction of sp³-hybridized carbons (Fsp3) is 0.118. The van der Waals surface area contributed by atoms with E-state index in [4.69, 9.17) is 9.15 Å². The molecule has 10 heteroatoms. The topological polar surface area (TPSA) is 123 Å². The van der Waals surface area contributed by atoms with Gasteiger partial charge in [0.1, 0.15) is 6.54 Å². The summed E-state index contributed by atoms with van der Waals surface area (Å²) in [5.74, 6) is -1.52. The van der Waals surface area contributed by atoms with Gasteiger partial charge in [0.05, 0.1) is 4.88 Å². The molecule has 2 aromatic heterocycles. The zero-order chi connectivity index (χ0) is 19.1. The second-order valence-electron chi connectivity index (χ2n) is 5.15. The first kappa shape index (κ1) is 18.3. The van der Waals surface area contributed by atoms with Crippen molar-refractivity contribution in [3.8, 4) is 11.5 Å². The molecule has 3 rings (SSSR count). The molecule has 0 spiro atoms. The summed E-state index contributed by atoms with van der Waals surface area (Å²) in [7, 11) is 0. The van der Waals surface area contributed by atoms with Crippen molar-refractivity contribution in [3.63, 3.8) is 0 Å². The van der Waals surface area contributed by atoms with E-state index in [1.165, 1.54) is 11.3 Å². The van der Waals surface area contributed by atoms with Crippen LogP contribution in [0.2, 0.25) is 0 Å². The summed E-state index contributed by atoms with van der Waals surface area (Å²) in [6, 6.07) is 12.3. The molecule has 0 saturated carbocycles. The highest BCUT2D eigenvalue weighted by atomic mass is 32.1. The number of benzene rings is 1. The van der Waals surface area contributed by atoms with E-state index in [0.29, 0.717) is 10.4 Å². The maximum Gasteiger partial charge on any atom is 0.325 e. The van der Waals surface area contributed by atoms with Crippen LogP contribution in [0.25, 0.3) is 11.5 Å². The molecule has 3 aromatic rings. The van der Waals surface area contributed by atoms with Crippen LogP contribution in [0.15, 0.2) is 52.3 Å². The average Bonchev–Trinajstić information content (AvgIpc) is 3.37. The van der Waals surface area contributed by atoms with Gasteiger partial charge >= 0.3 is 12.0 Å². The molecule has 0 aliphatic carbocycles. The number of rotatable bonds is 7. The fourth-order valence-corrected chi connectivity index (χ4v) is 2.61. The highest BCUT2D eigenvalue weighted by Crippen LogP contribution is 2.18. The van der Waals surface area contributed by atoms with Crippen molar-refractivity contribution in [3.05, 3.63) is 52.7 Å². The second kappa shape index (κ2) is 8.72. The van der Waals surface area contributed by atoms with Gasteiger partial charge in [-0.05, 0) is 23.6 Å². The van der Waals surface area contributed by atoms with Crippen molar-refractivity contribution >= 4 is 35.1 Å². The van der Waals surface area contributed by atoms with Gasteiger partial charge in [0.15, 0.2) is 6.61 Å². The highest BCUT2D eigenvalue weighted by Gasteiger charge is 2.14. The molecule has 2 N–H and O–H groups in total. The van der Waals surface area contributed by atoms with Gasteiger partial charge in [0.25, 0.3) is 11.8 Å². The van der Waals surface area contributed by atoms with Crippen molar-refractivity contribution in [2.24, 2.45) is 0 Å². The number of thiophene rings is 1. The largest absolute Gasteiger partial charge is 0.454 e. The standard InChI is InChI=1S/C17H14N4O5S/c22-13(10-25-14(23)9-18-15(24)12-7-4-8-27-12)19-17-21-20-16(26-17)11-5-2-1-3-6-11/h1-8H,9-10H2,(H,18,24)(H,19,21,22). The number of esters is 1. The number of nitrogens with zero attached hydrogens (tertiary/aromatic N) is 2. The SMILES string of the molecule is O=C(COC(=O)CNC(=O)c1cccs1)Nc1nnc(-c2ccccc2)o1. The third kappa shape index (κ3) is 5.22. The van der Waals surface area contributed by atoms with Crippen LogP contribution < -0.4 is 10.6 Å². The zero-order valence-corrected chi connectivity index (χ0v) is 14.7. The fourth-order valence-electron chi connectivity index (χ4n) is 1.97. The van der Waals surface area contributed by atoms with Crippen molar-refractivity contribution in [2.75, 3.05) is 18.5 Å². The van der Waals surface area contributed by atoms with Gasteiger partial charge in [-0.25, -0.2) is 0 Å². The van der Waals surface area contributed by atoms with Crippen LogP contribution in [-0.2, 0) is 14.3 Å². The van der Waals surface area contributed by atoms with Gasteiger partial charge in [-0.3, -0.25) is 19.7 Å². The second-order valence-corrected chi connectivity index (χ2v) is 6.09. The summed E-state index contributed by atoms with van der Waals surface area (Å²) in [4.78, 5) is 35.6. The number of nitrogens with one attached hydrogen (secondary N) is 2. The molecular weight excluding hydrogens is 372 g/mol. The summed E-state index contributed by atoms with van der Waals surface area (Å²) in [5.41, 5.74) is 0.707. The quantitative estimate of drug-likeness (QED) is 0.593. The lowest BCUT2D eigenvalue weighted by atomic mass is 10.2. The molecule has 0 aliphatic rings. The molecule has 138 valence electrons. The Bertz CT molecular complexity index is 924. The van der Waals surface area contributed by atoms with Crippen LogP contribution in [0.3, 0.4) is 0 Å². The number of anilines is 1. The minimum absolute atomic E-state index is 0.110. The molecule has 2 amide bonds. The number of carbonyl (C=O) groups excluding carboxylic acids is 3. The Kier molecular flexibility index (Phi) is 5.90. The Balaban J connectivity index is 1.41. The maximum atomic E-state index is 11.8. The first-order valence-corrected chi connectivity index (χ1v) is 8.66. The number of amides is 2. The van der Waals surface area contributed by atoms with Crippen molar-refractivity contribution in [1.82, 2.24) is 15.5 Å². The molecule has 0 saturated heterocycles. The highest BCUT2D eigenvalue weighted by molar-refractivity contribution is 7.12. The Morgan fingerprint density at radius 3 is 2.63 bits per heavy atom. The van der Waals surface area contributed by atoms with E-state index >= 15 is 0 Å². The number of hydrogen-bond donors (Lipinski definition) is 2. The lowest BCUT2D eigenvalue weighted by Crippen LogP contribution is -2.31. The van der Waals surface area contributed by atoms with E-state index in [1.807, 2.05) is 18.2 Å². The monoisotopic (exact) mass is 386 g/mol. The minimum atomic E-state index is -0.745. The van der Waals surface area contributed by atoms with Gasteiger partial charge in [-0.1, -0.05) is 29.4 Å². The Hall–Kier alpha value is -3.53. The molecule has 9 nitrogen and oxygen atoms in total. The van der Waals surface area contributed by atoms with Gasteiger partial charge in [0, 0.05) is 5.56 Å². The van der Waals surface area contributed by atoms with E-state index in [0.717, 1.165) is 0 Å². The average molecular weight is 386 g/mol. The first-order chi connectivity index (χ1) is 13.1. The zero-order valence-electron chi connectivity index (χ0n) is 13.9. The van der Waals surface area contributed by atoms with E-state index in [1.54, 1.807) is 29.6 Å². The molecule has 1 aromatic carbocycles. The summed E-state index contributed by atoms with van der Waals surface area (Å²) in [6.07, 6.45) is 0. The summed E-state index contributed by atoms with van der Waals surface area (Å²) >= 11 is 1.25. The van der Waals surface area contributed by atoms with E-state index in [9.17, 15) is 14.4 Å². The summed E-state index contributed by atoms with van der Waals surface area (Å²) in [5, 5.41) is 14.0. The Labute approximate surface area is 157 Å². The molecule has 0 unspecified atom stereocenters. The first-order valence-electron chi connectivity index (χ1n) is 7.78. The smallest absolute Gasteiger partial charge is 0.325 e. The Morgan fingerprint density at radius 1 is 1.07 bits per heavy atom. The van der Waals surface area contributed by atoms with Crippen LogP contribution in [0.1, 0.15) is 9.67 Å². The van der Waals surface area contributed by atoms with Gasteiger partial charge in [-0.15, -0.1) is 16.4 Å².